The van der Waals surface area contributed by atoms with Crippen molar-refractivity contribution in [1.82, 2.24) is 10.3 Å². The van der Waals surface area contributed by atoms with Crippen LogP contribution in [0, 0.1) is 5.92 Å². The molecule has 3 rings (SSSR count). The lowest BCUT2D eigenvalue weighted by molar-refractivity contribution is -0.274. The lowest BCUT2D eigenvalue weighted by Gasteiger charge is -2.37. The van der Waals surface area contributed by atoms with E-state index in [-0.39, 0.29) is 35.8 Å². The number of aliphatic hydroxyl groups excluding tert-OH is 1. The fraction of sp³-hybridized carbons (Fsp3) is 0.458. The molecule has 3 N–H and O–H groups in total. The van der Waals surface area contributed by atoms with E-state index in [1.807, 2.05) is 6.92 Å². The molecule has 0 aliphatic heterocycles. The Hall–Kier alpha value is -3.34. The van der Waals surface area contributed by atoms with Crippen LogP contribution in [0.15, 0.2) is 36.5 Å². The van der Waals surface area contributed by atoms with Crippen molar-refractivity contribution in [2.45, 2.75) is 50.9 Å². The van der Waals surface area contributed by atoms with Crippen molar-refractivity contribution in [2.75, 3.05) is 13.2 Å². The van der Waals surface area contributed by atoms with Gasteiger partial charge in [-0.3, -0.25) is 4.79 Å². The van der Waals surface area contributed by atoms with E-state index in [9.17, 15) is 27.9 Å². The van der Waals surface area contributed by atoms with Crippen molar-refractivity contribution in [1.29, 1.82) is 0 Å². The number of benzene rings is 1. The van der Waals surface area contributed by atoms with Crippen LogP contribution in [0.5, 0.6) is 11.6 Å². The van der Waals surface area contributed by atoms with E-state index >= 15 is 0 Å². The first-order valence-corrected chi connectivity index (χ1v) is 11.2. The number of aromatic nitrogens is 1. The number of rotatable bonds is 9. The van der Waals surface area contributed by atoms with Crippen molar-refractivity contribution >= 4 is 11.9 Å². The van der Waals surface area contributed by atoms with Crippen LogP contribution in [0.25, 0.3) is 11.1 Å². The van der Waals surface area contributed by atoms with E-state index < -0.39 is 29.5 Å². The third kappa shape index (κ3) is 6.62. The second kappa shape index (κ2) is 10.9. The molecule has 11 heteroatoms. The summed E-state index contributed by atoms with van der Waals surface area (Å²) < 4.78 is 47.4. The molecule has 0 spiro atoms. The largest absolute Gasteiger partial charge is 0.573 e. The van der Waals surface area contributed by atoms with Gasteiger partial charge in [-0.25, -0.2) is 9.78 Å². The van der Waals surface area contributed by atoms with Crippen LogP contribution >= 0.6 is 0 Å². The quantitative estimate of drug-likeness (QED) is 0.477. The minimum Gasteiger partial charge on any atom is -0.480 e. The molecule has 1 aliphatic carbocycles. The number of carboxylic acid groups (broad SMARTS) is 1. The first-order valence-electron chi connectivity index (χ1n) is 11.2. The molecule has 1 heterocycles. The van der Waals surface area contributed by atoms with Gasteiger partial charge in [0, 0.05) is 11.8 Å². The molecule has 1 aromatic carbocycles. The van der Waals surface area contributed by atoms with E-state index in [0.717, 1.165) is 18.6 Å². The molecular weight excluding hydrogens is 469 g/mol. The Morgan fingerprint density at radius 1 is 1.23 bits per heavy atom. The topological polar surface area (TPSA) is 118 Å². The average Bonchev–Trinajstić information content (AvgIpc) is 2.82. The number of amides is 1. The van der Waals surface area contributed by atoms with Gasteiger partial charge in [0.1, 0.15) is 17.9 Å². The van der Waals surface area contributed by atoms with Gasteiger partial charge in [0.15, 0.2) is 0 Å². The Morgan fingerprint density at radius 3 is 2.54 bits per heavy atom. The van der Waals surface area contributed by atoms with Crippen molar-refractivity contribution in [3.8, 4) is 22.8 Å². The molecule has 0 bridgehead atoms. The van der Waals surface area contributed by atoms with E-state index in [0.29, 0.717) is 31.6 Å². The predicted molar refractivity (Wildman–Crippen MR) is 119 cm³/mol. The number of hydrogen-bond donors (Lipinski definition) is 3. The third-order valence-electron chi connectivity index (χ3n) is 6.12. The predicted octanol–water partition coefficient (Wildman–Crippen LogP) is 4.17. The summed E-state index contributed by atoms with van der Waals surface area (Å²) in [6.45, 7) is 1.57. The smallest absolute Gasteiger partial charge is 0.480 e. The number of aliphatic hydroxyl groups is 1. The minimum absolute atomic E-state index is 0.0109. The first-order chi connectivity index (χ1) is 16.6. The zero-order valence-corrected chi connectivity index (χ0v) is 19.1. The molecule has 8 nitrogen and oxygen atoms in total. The number of alkyl halides is 3. The average molecular weight is 496 g/mol. The minimum atomic E-state index is -4.89. The summed E-state index contributed by atoms with van der Waals surface area (Å²) in [5, 5.41) is 21.6. The van der Waals surface area contributed by atoms with E-state index in [4.69, 9.17) is 9.84 Å². The standard InChI is InChI=1S/C24H27F3N2O6/c1-2-15-6-8-23(9-7-15,22(32)33)29-20(31)17-13-19(21(28-14-17)34-11-10-30)16-4-3-5-18(12-16)35-24(25,26)27/h3-5,12-15,30H,2,6-11H2,1H3,(H,29,31)(H,32,33)/t15-,23+. The lowest BCUT2D eigenvalue weighted by atomic mass is 9.75. The second-order valence-electron chi connectivity index (χ2n) is 8.42. The molecule has 1 saturated carbocycles. The molecule has 1 fully saturated rings. The molecule has 0 radical (unpaired) electrons. The summed E-state index contributed by atoms with van der Waals surface area (Å²) in [5.74, 6) is -1.88. The molecule has 0 atom stereocenters. The molecule has 35 heavy (non-hydrogen) atoms. The number of carboxylic acids is 1. The van der Waals surface area contributed by atoms with Gasteiger partial charge in [-0.15, -0.1) is 13.2 Å². The summed E-state index contributed by atoms with van der Waals surface area (Å²) in [5.41, 5.74) is -0.997. The lowest BCUT2D eigenvalue weighted by Crippen LogP contribution is -2.56. The normalized spacial score (nSPS) is 20.2. The van der Waals surface area contributed by atoms with Crippen LogP contribution in [0.2, 0.25) is 0 Å². The van der Waals surface area contributed by atoms with E-state index in [1.165, 1.54) is 24.4 Å². The van der Waals surface area contributed by atoms with E-state index in [1.54, 1.807) is 0 Å². The maximum atomic E-state index is 13.1. The molecule has 1 aliphatic rings. The van der Waals surface area contributed by atoms with Crippen LogP contribution in [-0.4, -0.2) is 52.2 Å². The second-order valence-corrected chi connectivity index (χ2v) is 8.42. The SMILES string of the molecule is CC[C@H]1CC[C@](NC(=O)c2cnc(OCCO)c(-c3cccc(OC(F)(F)F)c3)c2)(C(=O)O)CC1. The van der Waals surface area contributed by atoms with Gasteiger partial charge in [0.05, 0.1) is 12.2 Å². The van der Waals surface area contributed by atoms with Gasteiger partial charge in [0.2, 0.25) is 5.88 Å². The number of ether oxygens (including phenoxy) is 2. The number of pyridine rings is 1. The highest BCUT2D eigenvalue weighted by Gasteiger charge is 2.43. The molecule has 0 unspecified atom stereocenters. The fourth-order valence-electron chi connectivity index (χ4n) is 4.16. The van der Waals surface area contributed by atoms with Crippen LogP contribution < -0.4 is 14.8 Å². The zero-order valence-electron chi connectivity index (χ0n) is 19.1. The first kappa shape index (κ1) is 26.3. The van der Waals surface area contributed by atoms with Gasteiger partial charge >= 0.3 is 12.3 Å². The third-order valence-corrected chi connectivity index (χ3v) is 6.12. The maximum Gasteiger partial charge on any atom is 0.573 e. The number of halogens is 3. The number of carbonyl (C=O) groups is 2. The Morgan fingerprint density at radius 2 is 1.94 bits per heavy atom. The van der Waals surface area contributed by atoms with Crippen LogP contribution in [-0.2, 0) is 4.79 Å². The fourth-order valence-corrected chi connectivity index (χ4v) is 4.16. The van der Waals surface area contributed by atoms with E-state index in [2.05, 4.69) is 15.0 Å². The van der Waals surface area contributed by atoms with Gasteiger partial charge < -0.3 is 25.0 Å². The van der Waals surface area contributed by atoms with Crippen LogP contribution in [0.4, 0.5) is 13.2 Å². The summed E-state index contributed by atoms with van der Waals surface area (Å²) in [6, 6.07) is 6.42. The van der Waals surface area contributed by atoms with Crippen LogP contribution in [0.3, 0.4) is 0 Å². The number of aliphatic carboxylic acids is 1. The highest BCUT2D eigenvalue weighted by Crippen LogP contribution is 2.36. The van der Waals surface area contributed by atoms with Gasteiger partial charge in [0.25, 0.3) is 5.91 Å². The molecule has 1 amide bonds. The van der Waals surface area contributed by atoms with Crippen molar-refractivity contribution in [2.24, 2.45) is 5.92 Å². The van der Waals surface area contributed by atoms with Crippen molar-refractivity contribution in [3.63, 3.8) is 0 Å². The van der Waals surface area contributed by atoms with Crippen LogP contribution in [0.1, 0.15) is 49.4 Å². The molecule has 0 saturated heterocycles. The van der Waals surface area contributed by atoms with Gasteiger partial charge in [-0.1, -0.05) is 25.5 Å². The molecule has 1 aromatic heterocycles. The number of nitrogens with one attached hydrogen (secondary N) is 1. The number of carbonyl (C=O) groups excluding carboxylic acids is 1. The van der Waals surface area contributed by atoms with Gasteiger partial charge in [-0.2, -0.15) is 0 Å². The molecule has 2 aromatic rings. The Labute approximate surface area is 200 Å². The number of hydrogen-bond acceptors (Lipinski definition) is 6. The molecule has 190 valence electrons. The Balaban J connectivity index is 1.93. The highest BCUT2D eigenvalue weighted by atomic mass is 19.4. The summed E-state index contributed by atoms with van der Waals surface area (Å²) in [6.07, 6.45) is -0.837. The molecular formula is C24H27F3N2O6. The number of nitrogens with zero attached hydrogens (tertiary/aromatic N) is 1. The van der Waals surface area contributed by atoms with Gasteiger partial charge in [-0.05, 0) is 55.4 Å². The Kier molecular flexibility index (Phi) is 8.21. The highest BCUT2D eigenvalue weighted by molar-refractivity contribution is 5.99. The zero-order chi connectivity index (χ0) is 25.6. The maximum absolute atomic E-state index is 13.1. The summed E-state index contributed by atoms with van der Waals surface area (Å²) in [4.78, 5) is 29.2. The van der Waals surface area contributed by atoms with Crippen molar-refractivity contribution in [3.05, 3.63) is 42.1 Å². The van der Waals surface area contributed by atoms with Crippen molar-refractivity contribution < 1.29 is 42.4 Å². The summed E-state index contributed by atoms with van der Waals surface area (Å²) >= 11 is 0. The monoisotopic (exact) mass is 496 g/mol. The Bertz CT molecular complexity index is 1050. The summed E-state index contributed by atoms with van der Waals surface area (Å²) in [7, 11) is 0.